The number of allylic oxidation sites excluding steroid dienone is 1. The minimum Gasteiger partial charge on any atom is -0.237 e. The Kier molecular flexibility index (Phi) is 9.39. The zero-order valence-corrected chi connectivity index (χ0v) is 18.3. The maximum atomic E-state index is 15.1. The van der Waals surface area contributed by atoms with Gasteiger partial charge in [0.25, 0.3) is 10.0 Å². The van der Waals surface area contributed by atoms with Crippen molar-refractivity contribution in [1.82, 2.24) is 4.31 Å². The Bertz CT molecular complexity index is 862. The summed E-state index contributed by atoms with van der Waals surface area (Å²) in [5.41, 5.74) is 1.70. The van der Waals surface area contributed by atoms with E-state index in [4.69, 9.17) is 0 Å². The molecule has 0 aliphatic carbocycles. The molecule has 2 rings (SSSR count). The van der Waals surface area contributed by atoms with Crippen molar-refractivity contribution in [3.05, 3.63) is 77.8 Å². The molecule has 5 heteroatoms. The van der Waals surface area contributed by atoms with Crippen LogP contribution in [-0.2, 0) is 16.6 Å². The molecule has 3 nitrogen and oxygen atoms in total. The van der Waals surface area contributed by atoms with Crippen LogP contribution >= 0.6 is 0 Å². The molecule has 0 fully saturated rings. The van der Waals surface area contributed by atoms with Crippen molar-refractivity contribution in [3.63, 3.8) is 0 Å². The highest BCUT2D eigenvalue weighted by molar-refractivity contribution is 7.89. The zero-order valence-electron chi connectivity index (χ0n) is 17.5. The van der Waals surface area contributed by atoms with Crippen LogP contribution in [0.5, 0.6) is 0 Å². The van der Waals surface area contributed by atoms with Gasteiger partial charge in [-0.05, 0) is 43.5 Å². The van der Waals surface area contributed by atoms with Gasteiger partial charge in [0.15, 0.2) is 5.95 Å². The van der Waals surface area contributed by atoms with Crippen LogP contribution in [0.1, 0.15) is 63.0 Å². The lowest BCUT2D eigenvalue weighted by molar-refractivity contribution is 0.376. The summed E-state index contributed by atoms with van der Waals surface area (Å²) in [6, 6.07) is 15.6. The minimum atomic E-state index is -3.98. The summed E-state index contributed by atoms with van der Waals surface area (Å²) in [5.74, 6) is -0.706. The molecule has 158 valence electrons. The molecule has 0 saturated heterocycles. The Morgan fingerprint density at radius 3 is 2.21 bits per heavy atom. The third-order valence-corrected chi connectivity index (χ3v) is 6.64. The van der Waals surface area contributed by atoms with Gasteiger partial charge in [0.1, 0.15) is 0 Å². The first-order chi connectivity index (χ1) is 13.9. The average molecular weight is 418 g/mol. The number of halogens is 1. The van der Waals surface area contributed by atoms with Crippen molar-refractivity contribution >= 4 is 10.0 Å². The Balaban J connectivity index is 2.16. The molecule has 2 aromatic carbocycles. The molecule has 2 aromatic rings. The molecule has 0 aliphatic rings. The van der Waals surface area contributed by atoms with Crippen LogP contribution in [0.25, 0.3) is 0 Å². The number of hydrogen-bond acceptors (Lipinski definition) is 2. The van der Waals surface area contributed by atoms with E-state index >= 15 is 4.39 Å². The molecule has 0 unspecified atom stereocenters. The van der Waals surface area contributed by atoms with Crippen molar-refractivity contribution in [2.45, 2.75) is 70.2 Å². The highest BCUT2D eigenvalue weighted by Gasteiger charge is 2.27. The molecule has 0 N–H and O–H groups in total. The fraction of sp³-hybridized carbons (Fsp3) is 0.417. The second-order valence-electron chi connectivity index (χ2n) is 7.39. The van der Waals surface area contributed by atoms with Crippen molar-refractivity contribution < 1.29 is 12.8 Å². The number of unbranched alkanes of at least 4 members (excludes halogenated alkanes) is 6. The summed E-state index contributed by atoms with van der Waals surface area (Å²) in [6.07, 6.45) is 8.60. The van der Waals surface area contributed by atoms with E-state index in [-0.39, 0.29) is 11.4 Å². The minimum absolute atomic E-state index is 0.0319. The molecule has 0 aliphatic heterocycles. The van der Waals surface area contributed by atoms with E-state index in [1.54, 1.807) is 24.3 Å². The number of aryl methyl sites for hydroxylation is 1. The first kappa shape index (κ1) is 23.1. The van der Waals surface area contributed by atoms with Gasteiger partial charge in [-0.2, -0.15) is 4.39 Å². The van der Waals surface area contributed by atoms with Crippen molar-refractivity contribution in [3.8, 4) is 0 Å². The van der Waals surface area contributed by atoms with E-state index in [0.29, 0.717) is 6.42 Å². The monoisotopic (exact) mass is 417 g/mol. The van der Waals surface area contributed by atoms with Crippen LogP contribution in [0.4, 0.5) is 4.39 Å². The van der Waals surface area contributed by atoms with E-state index in [1.165, 1.54) is 37.5 Å². The van der Waals surface area contributed by atoms with Gasteiger partial charge in [0, 0.05) is 0 Å². The number of nitrogens with zero attached hydrogens (tertiary/aromatic N) is 1. The van der Waals surface area contributed by atoms with Crippen LogP contribution in [0, 0.1) is 6.92 Å². The Hall–Kier alpha value is -2.14. The largest absolute Gasteiger partial charge is 0.266 e. The summed E-state index contributed by atoms with van der Waals surface area (Å²) >= 11 is 0. The molecule has 0 bridgehead atoms. The van der Waals surface area contributed by atoms with Gasteiger partial charge in [-0.15, -0.1) is 0 Å². The van der Waals surface area contributed by atoms with Crippen LogP contribution in [-0.4, -0.2) is 12.7 Å². The average Bonchev–Trinajstić information content (AvgIpc) is 2.72. The van der Waals surface area contributed by atoms with E-state index in [9.17, 15) is 8.42 Å². The van der Waals surface area contributed by atoms with E-state index in [0.717, 1.165) is 34.7 Å². The van der Waals surface area contributed by atoms with Crippen LogP contribution in [0.3, 0.4) is 0 Å². The topological polar surface area (TPSA) is 37.4 Å². The standard InChI is InChI=1S/C24H32FNO2S/c1-3-4-5-6-7-8-12-15-24(25)26(20-22-13-10-9-11-14-22)29(27,28)23-18-16-21(2)17-19-23/h9-11,13-19H,3-8,12,20H2,1-2H3/b24-15-. The molecule has 0 amide bonds. The Labute approximate surface area is 175 Å². The van der Waals surface area contributed by atoms with Crippen LogP contribution < -0.4 is 0 Å². The second kappa shape index (κ2) is 11.8. The van der Waals surface area contributed by atoms with Crippen LogP contribution in [0.15, 0.2) is 71.5 Å². The lowest BCUT2D eigenvalue weighted by atomic mass is 10.1. The third kappa shape index (κ3) is 7.32. The van der Waals surface area contributed by atoms with Gasteiger partial charge >= 0.3 is 0 Å². The Morgan fingerprint density at radius 1 is 0.931 bits per heavy atom. The van der Waals surface area contributed by atoms with Gasteiger partial charge in [0.2, 0.25) is 0 Å². The quantitative estimate of drug-likeness (QED) is 0.283. The van der Waals surface area contributed by atoms with Gasteiger partial charge in [-0.25, -0.2) is 12.7 Å². The first-order valence-corrected chi connectivity index (χ1v) is 11.9. The predicted molar refractivity (Wildman–Crippen MR) is 118 cm³/mol. The van der Waals surface area contributed by atoms with Gasteiger partial charge < -0.3 is 0 Å². The number of rotatable bonds is 12. The third-order valence-electron chi connectivity index (χ3n) is 4.89. The van der Waals surface area contributed by atoms with Crippen molar-refractivity contribution in [2.75, 3.05) is 0 Å². The zero-order chi connectivity index (χ0) is 21.1. The highest BCUT2D eigenvalue weighted by atomic mass is 32.2. The summed E-state index contributed by atoms with van der Waals surface area (Å²) in [5, 5.41) is 0. The molecule has 0 aromatic heterocycles. The molecule has 29 heavy (non-hydrogen) atoms. The summed E-state index contributed by atoms with van der Waals surface area (Å²) in [7, 11) is -3.98. The van der Waals surface area contributed by atoms with Gasteiger partial charge in [-0.1, -0.05) is 87.1 Å². The van der Waals surface area contributed by atoms with E-state index in [2.05, 4.69) is 6.92 Å². The summed E-state index contributed by atoms with van der Waals surface area (Å²) < 4.78 is 42.2. The lowest BCUT2D eigenvalue weighted by Gasteiger charge is -2.23. The first-order valence-electron chi connectivity index (χ1n) is 10.4. The van der Waals surface area contributed by atoms with Gasteiger partial charge in [-0.3, -0.25) is 0 Å². The van der Waals surface area contributed by atoms with Gasteiger partial charge in [0.05, 0.1) is 11.4 Å². The molecule has 0 heterocycles. The fourth-order valence-corrected chi connectivity index (χ4v) is 4.47. The summed E-state index contributed by atoms with van der Waals surface area (Å²) in [4.78, 5) is 0.0992. The predicted octanol–water partition coefficient (Wildman–Crippen LogP) is 6.75. The lowest BCUT2D eigenvalue weighted by Crippen LogP contribution is -2.28. The molecule has 0 saturated carbocycles. The SMILES string of the molecule is CCCCCCCC/C=C(/F)N(Cc1ccccc1)S(=O)(=O)c1ccc(C)cc1. The molecular formula is C24H32FNO2S. The maximum absolute atomic E-state index is 15.1. The smallest absolute Gasteiger partial charge is 0.237 e. The van der Waals surface area contributed by atoms with E-state index in [1.807, 2.05) is 25.1 Å². The molecule has 0 atom stereocenters. The number of benzene rings is 2. The van der Waals surface area contributed by atoms with Crippen LogP contribution in [0.2, 0.25) is 0 Å². The normalized spacial score (nSPS) is 12.2. The van der Waals surface area contributed by atoms with E-state index < -0.39 is 16.0 Å². The van der Waals surface area contributed by atoms with Crippen molar-refractivity contribution in [1.29, 1.82) is 0 Å². The number of hydrogen-bond donors (Lipinski definition) is 0. The number of sulfonamides is 1. The van der Waals surface area contributed by atoms with Crippen molar-refractivity contribution in [2.24, 2.45) is 0 Å². The fourth-order valence-electron chi connectivity index (χ4n) is 3.11. The highest BCUT2D eigenvalue weighted by Crippen LogP contribution is 2.25. The second-order valence-corrected chi connectivity index (χ2v) is 9.26. The Morgan fingerprint density at radius 2 is 1.55 bits per heavy atom. The molecule has 0 radical (unpaired) electrons. The molecular weight excluding hydrogens is 385 g/mol. The summed E-state index contributed by atoms with van der Waals surface area (Å²) in [6.45, 7) is 4.03. The maximum Gasteiger partial charge on any atom is 0.266 e. The molecule has 0 spiro atoms.